The van der Waals surface area contributed by atoms with Crippen LogP contribution in [-0.2, 0) is 13.0 Å². The van der Waals surface area contributed by atoms with Crippen molar-refractivity contribution in [2.75, 3.05) is 23.8 Å². The van der Waals surface area contributed by atoms with Crippen molar-refractivity contribution in [2.24, 2.45) is 5.73 Å². The van der Waals surface area contributed by atoms with Crippen LogP contribution in [0.25, 0.3) is 16.9 Å². The fraction of sp³-hybridized carbons (Fsp3) is 0.240. The highest BCUT2D eigenvalue weighted by Crippen LogP contribution is 2.34. The lowest BCUT2D eigenvalue weighted by molar-refractivity contribution is 0.100. The number of anilines is 2. The molecule has 1 amide bonds. The first-order valence-electron chi connectivity index (χ1n) is 10.9. The van der Waals surface area contributed by atoms with Gasteiger partial charge in [-0.3, -0.25) is 9.36 Å². The molecule has 0 aliphatic carbocycles. The number of carbonyl (C=O) groups excluding carboxylic acids is 1. The number of primary amides is 1. The fourth-order valence-electron chi connectivity index (χ4n) is 4.54. The second kappa shape index (κ2) is 8.20. The van der Waals surface area contributed by atoms with Crippen molar-refractivity contribution in [3.63, 3.8) is 0 Å². The van der Waals surface area contributed by atoms with Gasteiger partial charge in [0.15, 0.2) is 5.82 Å². The van der Waals surface area contributed by atoms with Crippen molar-refractivity contribution in [1.29, 1.82) is 0 Å². The van der Waals surface area contributed by atoms with E-state index < -0.39 is 11.7 Å². The number of carbonyl (C=O) groups is 1. The van der Waals surface area contributed by atoms with Gasteiger partial charge in [0.05, 0.1) is 16.8 Å². The van der Waals surface area contributed by atoms with Gasteiger partial charge in [-0.25, -0.2) is 9.37 Å². The topological polar surface area (TPSA) is 89.1 Å². The molecule has 1 aliphatic rings. The summed E-state index contributed by atoms with van der Waals surface area (Å²) in [6, 6.07) is 14.5. The van der Waals surface area contributed by atoms with Crippen LogP contribution in [0.1, 0.15) is 33.7 Å². The van der Waals surface area contributed by atoms with E-state index in [0.29, 0.717) is 23.4 Å². The molecule has 0 fully saturated rings. The van der Waals surface area contributed by atoms with Crippen molar-refractivity contribution in [2.45, 2.75) is 26.3 Å². The van der Waals surface area contributed by atoms with E-state index in [1.807, 2.05) is 38.2 Å². The van der Waals surface area contributed by atoms with E-state index in [9.17, 15) is 9.18 Å². The molecule has 0 radical (unpaired) electrons. The molecular weight excluding hydrogens is 419 g/mol. The normalized spacial score (nSPS) is 13.2. The number of nitrogens with one attached hydrogen (secondary N) is 1. The highest BCUT2D eigenvalue weighted by molar-refractivity contribution is 6.06. The van der Waals surface area contributed by atoms with Gasteiger partial charge in [-0.1, -0.05) is 30.3 Å². The third kappa shape index (κ3) is 3.77. The molecule has 0 atom stereocenters. The van der Waals surface area contributed by atoms with E-state index >= 15 is 0 Å². The Balaban J connectivity index is 1.67. The molecule has 2 aromatic carbocycles. The zero-order valence-electron chi connectivity index (χ0n) is 18.6. The van der Waals surface area contributed by atoms with E-state index in [1.54, 1.807) is 4.57 Å². The number of aryl methyl sites for hydroxylation is 2. The molecule has 0 bridgehead atoms. The summed E-state index contributed by atoms with van der Waals surface area (Å²) in [5.74, 6) is -0.0346. The number of nitrogens with zero attached hydrogens (tertiary/aromatic N) is 4. The van der Waals surface area contributed by atoms with Crippen LogP contribution in [0.3, 0.4) is 0 Å². The molecule has 1 aliphatic heterocycles. The average molecular weight is 445 g/mol. The van der Waals surface area contributed by atoms with Crippen LogP contribution in [0, 0.1) is 12.7 Å². The highest BCUT2D eigenvalue weighted by Gasteiger charge is 2.24. The van der Waals surface area contributed by atoms with Crippen LogP contribution >= 0.6 is 0 Å². The summed E-state index contributed by atoms with van der Waals surface area (Å²) in [5, 5.41) is 4.06. The summed E-state index contributed by atoms with van der Waals surface area (Å²) in [5.41, 5.74) is 10.0. The Morgan fingerprint density at radius 1 is 1.18 bits per heavy atom. The van der Waals surface area contributed by atoms with Gasteiger partial charge in [-0.15, -0.1) is 0 Å². The lowest BCUT2D eigenvalue weighted by Crippen LogP contribution is -2.28. The van der Waals surface area contributed by atoms with E-state index in [-0.39, 0.29) is 5.56 Å². The van der Waals surface area contributed by atoms with Gasteiger partial charge < -0.3 is 16.0 Å². The van der Waals surface area contributed by atoms with Crippen molar-refractivity contribution >= 4 is 28.3 Å². The van der Waals surface area contributed by atoms with Crippen LogP contribution in [-0.4, -0.2) is 34.0 Å². The van der Waals surface area contributed by atoms with E-state index in [1.165, 1.54) is 12.1 Å². The standard InChI is InChI=1S/C25H25FN6O/c1-15-11-18-19(23(27)33)12-17(26)13-21(18)32(15)25-29-20-9-6-10-31(2)22(20)24(30-25)28-14-16-7-4-3-5-8-16/h3-5,7-8,11-13H,6,9-10,14H2,1-2H3,(H2,27,33)(H,28,29,30). The molecule has 0 unspecified atom stereocenters. The van der Waals surface area contributed by atoms with Crippen LogP contribution in [0.2, 0.25) is 0 Å². The Kier molecular flexibility index (Phi) is 5.20. The Morgan fingerprint density at radius 2 is 1.97 bits per heavy atom. The van der Waals surface area contributed by atoms with Gasteiger partial charge in [-0.2, -0.15) is 4.98 Å². The van der Waals surface area contributed by atoms with Crippen molar-refractivity contribution < 1.29 is 9.18 Å². The maximum Gasteiger partial charge on any atom is 0.249 e. The predicted octanol–water partition coefficient (Wildman–Crippen LogP) is 3.96. The quantitative estimate of drug-likeness (QED) is 0.486. The number of aromatic nitrogens is 3. The molecule has 3 N–H and O–H groups in total. The van der Waals surface area contributed by atoms with E-state index in [0.717, 1.165) is 47.8 Å². The number of rotatable bonds is 5. The zero-order chi connectivity index (χ0) is 23.1. The maximum absolute atomic E-state index is 14.4. The first kappa shape index (κ1) is 20.9. The third-order valence-electron chi connectivity index (χ3n) is 6.07. The molecule has 0 saturated heterocycles. The highest BCUT2D eigenvalue weighted by atomic mass is 19.1. The minimum Gasteiger partial charge on any atom is -0.370 e. The number of benzene rings is 2. The van der Waals surface area contributed by atoms with Crippen LogP contribution in [0.4, 0.5) is 15.9 Å². The van der Waals surface area contributed by atoms with Gasteiger partial charge in [0.1, 0.15) is 11.5 Å². The van der Waals surface area contributed by atoms with Crippen molar-refractivity contribution in [3.05, 3.63) is 76.9 Å². The van der Waals surface area contributed by atoms with Gasteiger partial charge in [0.2, 0.25) is 11.9 Å². The smallest absolute Gasteiger partial charge is 0.249 e. The summed E-state index contributed by atoms with van der Waals surface area (Å²) in [4.78, 5) is 23.8. The number of hydrogen-bond donors (Lipinski definition) is 2. The van der Waals surface area contributed by atoms with Crippen molar-refractivity contribution in [1.82, 2.24) is 14.5 Å². The van der Waals surface area contributed by atoms with Gasteiger partial charge in [-0.05, 0) is 43.5 Å². The second-order valence-corrected chi connectivity index (χ2v) is 8.40. The van der Waals surface area contributed by atoms with E-state index in [4.69, 9.17) is 15.7 Å². The summed E-state index contributed by atoms with van der Waals surface area (Å²) < 4.78 is 16.2. The Labute approximate surface area is 191 Å². The Morgan fingerprint density at radius 3 is 2.73 bits per heavy atom. The minimum atomic E-state index is -0.671. The second-order valence-electron chi connectivity index (χ2n) is 8.40. The Bertz CT molecular complexity index is 1360. The summed E-state index contributed by atoms with van der Waals surface area (Å²) >= 11 is 0. The molecule has 2 aromatic heterocycles. The number of nitrogens with two attached hydrogens (primary N) is 1. The molecule has 0 spiro atoms. The first-order valence-corrected chi connectivity index (χ1v) is 10.9. The minimum absolute atomic E-state index is 0.145. The summed E-state index contributed by atoms with van der Waals surface area (Å²) in [6.07, 6.45) is 1.82. The molecule has 168 valence electrons. The molecular formula is C25H25FN6O. The predicted molar refractivity (Wildman–Crippen MR) is 127 cm³/mol. The molecule has 7 nitrogen and oxygen atoms in total. The maximum atomic E-state index is 14.4. The summed E-state index contributed by atoms with van der Waals surface area (Å²) in [7, 11) is 2.04. The largest absolute Gasteiger partial charge is 0.370 e. The SMILES string of the molecule is Cc1cc2c(C(N)=O)cc(F)cc2n1-c1nc2c(c(NCc3ccccc3)n1)N(C)CCC2. The molecule has 0 saturated carbocycles. The Hall–Kier alpha value is -3.94. The number of hydrogen-bond acceptors (Lipinski definition) is 5. The van der Waals surface area contributed by atoms with Gasteiger partial charge >= 0.3 is 0 Å². The molecule has 8 heteroatoms. The van der Waals surface area contributed by atoms with Gasteiger partial charge in [0, 0.05) is 31.2 Å². The number of halogens is 1. The third-order valence-corrected chi connectivity index (χ3v) is 6.07. The molecule has 33 heavy (non-hydrogen) atoms. The first-order chi connectivity index (χ1) is 15.9. The number of amides is 1. The summed E-state index contributed by atoms with van der Waals surface area (Å²) in [6.45, 7) is 3.42. The molecule has 4 aromatic rings. The lowest BCUT2D eigenvalue weighted by Gasteiger charge is -2.29. The zero-order valence-corrected chi connectivity index (χ0v) is 18.6. The van der Waals surface area contributed by atoms with Crippen LogP contribution < -0.4 is 16.0 Å². The molecule has 5 rings (SSSR count). The average Bonchev–Trinajstić information content (AvgIpc) is 3.12. The van der Waals surface area contributed by atoms with Crippen molar-refractivity contribution in [3.8, 4) is 5.95 Å². The molecule has 3 heterocycles. The van der Waals surface area contributed by atoms with Gasteiger partial charge in [0.25, 0.3) is 0 Å². The van der Waals surface area contributed by atoms with E-state index in [2.05, 4.69) is 22.3 Å². The lowest BCUT2D eigenvalue weighted by atomic mass is 10.1. The monoisotopic (exact) mass is 444 g/mol. The van der Waals surface area contributed by atoms with Crippen LogP contribution in [0.5, 0.6) is 0 Å². The fourth-order valence-corrected chi connectivity index (χ4v) is 4.54. The number of fused-ring (bicyclic) bond motifs is 2. The van der Waals surface area contributed by atoms with Crippen LogP contribution in [0.15, 0.2) is 48.5 Å².